The number of halogens is 1. The molecule has 0 aromatic heterocycles. The van der Waals surface area contributed by atoms with E-state index in [1.807, 2.05) is 0 Å². The third-order valence-corrected chi connectivity index (χ3v) is 7.24. The average molecular weight is 431 g/mol. The first-order valence-corrected chi connectivity index (χ1v) is 11.9. The van der Waals surface area contributed by atoms with Crippen molar-refractivity contribution in [1.82, 2.24) is 9.62 Å². The summed E-state index contributed by atoms with van der Waals surface area (Å²) in [7, 11) is -3.79. The first-order valence-electron chi connectivity index (χ1n) is 10.1. The largest absolute Gasteiger partial charge is 0.396 e. The predicted molar refractivity (Wildman–Crippen MR) is 111 cm³/mol. The van der Waals surface area contributed by atoms with E-state index in [1.165, 1.54) is 16.4 Å². The van der Waals surface area contributed by atoms with Gasteiger partial charge >= 0.3 is 0 Å². The van der Waals surface area contributed by atoms with Gasteiger partial charge in [-0.05, 0) is 56.4 Å². The molecular formula is C20H31ClN2O4S. The summed E-state index contributed by atoms with van der Waals surface area (Å²) in [5.41, 5.74) is 0. The van der Waals surface area contributed by atoms with Gasteiger partial charge in [-0.2, -0.15) is 4.31 Å². The number of nitrogens with one attached hydrogen (secondary N) is 1. The molecule has 1 unspecified atom stereocenters. The highest BCUT2D eigenvalue weighted by Crippen LogP contribution is 2.24. The fraction of sp³-hybridized carbons (Fsp3) is 0.650. The Morgan fingerprint density at radius 3 is 2.36 bits per heavy atom. The van der Waals surface area contributed by atoms with Gasteiger partial charge in [0.1, 0.15) is 6.04 Å². The molecule has 0 aliphatic carbocycles. The summed E-state index contributed by atoms with van der Waals surface area (Å²) in [6.45, 7) is 1.13. The molecule has 8 heteroatoms. The second kappa shape index (κ2) is 11.8. The zero-order valence-electron chi connectivity index (χ0n) is 16.3. The number of rotatable bonds is 11. The number of benzene rings is 1. The summed E-state index contributed by atoms with van der Waals surface area (Å²) in [4.78, 5) is 12.7. The van der Waals surface area contributed by atoms with Gasteiger partial charge in [0.15, 0.2) is 0 Å². The van der Waals surface area contributed by atoms with Crippen LogP contribution in [-0.4, -0.2) is 49.5 Å². The summed E-state index contributed by atoms with van der Waals surface area (Å²) < 4.78 is 27.9. The second-order valence-corrected chi connectivity index (χ2v) is 9.54. The minimum absolute atomic E-state index is 0.164. The molecule has 1 heterocycles. The quantitative estimate of drug-likeness (QED) is 0.527. The Morgan fingerprint density at radius 1 is 1.04 bits per heavy atom. The van der Waals surface area contributed by atoms with Gasteiger partial charge in [0.2, 0.25) is 15.9 Å². The van der Waals surface area contributed by atoms with Crippen LogP contribution in [0.1, 0.15) is 57.8 Å². The van der Waals surface area contributed by atoms with E-state index in [9.17, 15) is 13.2 Å². The van der Waals surface area contributed by atoms with Gasteiger partial charge in [-0.25, -0.2) is 8.42 Å². The Hall–Kier alpha value is -1.15. The minimum atomic E-state index is -3.79. The second-order valence-electron chi connectivity index (χ2n) is 7.22. The SMILES string of the molecule is O=C1NCCCCC1N(CCCCCCCCO)S(=O)(=O)c1ccc(Cl)cc1. The lowest BCUT2D eigenvalue weighted by Gasteiger charge is -2.29. The zero-order valence-corrected chi connectivity index (χ0v) is 17.8. The fourth-order valence-electron chi connectivity index (χ4n) is 3.47. The van der Waals surface area contributed by atoms with Gasteiger partial charge < -0.3 is 10.4 Å². The van der Waals surface area contributed by atoms with Crippen LogP contribution in [0.5, 0.6) is 0 Å². The van der Waals surface area contributed by atoms with E-state index in [4.69, 9.17) is 16.7 Å². The smallest absolute Gasteiger partial charge is 0.243 e. The standard InChI is InChI=1S/C20H31ClN2O4S/c21-17-10-12-18(13-11-17)28(26,27)23(15-7-3-1-2-4-8-16-24)19-9-5-6-14-22-20(19)25/h10-13,19,24H,1-9,14-16H2,(H,22,25). The molecule has 0 saturated carbocycles. The monoisotopic (exact) mass is 430 g/mol. The molecule has 1 aromatic carbocycles. The third-order valence-electron chi connectivity index (χ3n) is 5.06. The van der Waals surface area contributed by atoms with Gasteiger partial charge in [-0.1, -0.05) is 37.3 Å². The number of amides is 1. The molecule has 1 aromatic rings. The molecule has 0 bridgehead atoms. The van der Waals surface area contributed by atoms with Crippen molar-refractivity contribution in [2.45, 2.75) is 68.7 Å². The number of aliphatic hydroxyl groups excluding tert-OH is 1. The number of carbonyl (C=O) groups is 1. The number of hydrogen-bond donors (Lipinski definition) is 2. The normalized spacial score (nSPS) is 18.1. The van der Waals surface area contributed by atoms with Crippen LogP contribution in [0.3, 0.4) is 0 Å². The molecule has 1 aliphatic rings. The van der Waals surface area contributed by atoms with Crippen LogP contribution in [0.15, 0.2) is 29.2 Å². The Labute approximate surface area is 173 Å². The maximum Gasteiger partial charge on any atom is 0.243 e. The average Bonchev–Trinajstić information content (AvgIpc) is 2.88. The van der Waals surface area contributed by atoms with E-state index in [1.54, 1.807) is 12.1 Å². The number of unbranched alkanes of at least 4 members (excludes halogenated alkanes) is 5. The van der Waals surface area contributed by atoms with Gasteiger partial charge in [0, 0.05) is 24.7 Å². The number of aliphatic hydroxyl groups is 1. The van der Waals surface area contributed by atoms with Gasteiger partial charge in [0.05, 0.1) is 4.90 Å². The summed E-state index contributed by atoms with van der Waals surface area (Å²) in [5, 5.41) is 12.1. The van der Waals surface area contributed by atoms with E-state index in [2.05, 4.69) is 5.32 Å². The Bertz CT molecular complexity index is 709. The molecule has 0 radical (unpaired) electrons. The molecule has 28 heavy (non-hydrogen) atoms. The summed E-state index contributed by atoms with van der Waals surface area (Å²) in [6.07, 6.45) is 7.62. The molecule has 1 aliphatic heterocycles. The van der Waals surface area contributed by atoms with E-state index in [0.29, 0.717) is 31.0 Å². The van der Waals surface area contributed by atoms with Gasteiger partial charge in [0.25, 0.3) is 0 Å². The first-order chi connectivity index (χ1) is 13.5. The Morgan fingerprint density at radius 2 is 1.68 bits per heavy atom. The van der Waals surface area contributed by atoms with Crippen molar-refractivity contribution in [2.24, 2.45) is 0 Å². The van der Waals surface area contributed by atoms with Crippen LogP contribution in [0.4, 0.5) is 0 Å². The van der Waals surface area contributed by atoms with Crippen molar-refractivity contribution < 1.29 is 18.3 Å². The van der Waals surface area contributed by atoms with Crippen LogP contribution < -0.4 is 5.32 Å². The molecule has 1 amide bonds. The highest BCUT2D eigenvalue weighted by atomic mass is 35.5. The highest BCUT2D eigenvalue weighted by Gasteiger charge is 2.35. The third kappa shape index (κ3) is 6.72. The molecule has 1 fully saturated rings. The van der Waals surface area contributed by atoms with Crippen LogP contribution in [0.2, 0.25) is 5.02 Å². The Kier molecular flexibility index (Phi) is 9.71. The van der Waals surface area contributed by atoms with Gasteiger partial charge in [-0.15, -0.1) is 0 Å². The molecule has 1 saturated heterocycles. The Balaban J connectivity index is 2.11. The predicted octanol–water partition coefficient (Wildman–Crippen LogP) is 3.33. The van der Waals surface area contributed by atoms with Crippen LogP contribution in [-0.2, 0) is 14.8 Å². The molecule has 0 spiro atoms. The van der Waals surface area contributed by atoms with Crippen LogP contribution in [0.25, 0.3) is 0 Å². The molecule has 2 N–H and O–H groups in total. The minimum Gasteiger partial charge on any atom is -0.396 e. The lowest BCUT2D eigenvalue weighted by molar-refractivity contribution is -0.124. The van der Waals surface area contributed by atoms with Crippen molar-refractivity contribution in [2.75, 3.05) is 19.7 Å². The first kappa shape index (κ1) is 23.1. The number of sulfonamides is 1. The summed E-state index contributed by atoms with van der Waals surface area (Å²) >= 11 is 5.90. The highest BCUT2D eigenvalue weighted by molar-refractivity contribution is 7.89. The molecule has 2 rings (SSSR count). The molecule has 158 valence electrons. The van der Waals surface area contributed by atoms with E-state index < -0.39 is 16.1 Å². The molecule has 6 nitrogen and oxygen atoms in total. The maximum absolute atomic E-state index is 13.3. The molecule has 1 atom stereocenters. The lowest BCUT2D eigenvalue weighted by Crippen LogP contribution is -2.49. The van der Waals surface area contributed by atoms with Crippen molar-refractivity contribution in [1.29, 1.82) is 0 Å². The van der Waals surface area contributed by atoms with E-state index in [-0.39, 0.29) is 17.4 Å². The van der Waals surface area contributed by atoms with E-state index >= 15 is 0 Å². The maximum atomic E-state index is 13.3. The van der Waals surface area contributed by atoms with E-state index in [0.717, 1.165) is 44.9 Å². The lowest BCUT2D eigenvalue weighted by atomic mass is 10.1. The number of hydrogen-bond acceptors (Lipinski definition) is 4. The van der Waals surface area contributed by atoms with Crippen molar-refractivity contribution in [3.8, 4) is 0 Å². The van der Waals surface area contributed by atoms with Crippen molar-refractivity contribution >= 4 is 27.5 Å². The van der Waals surface area contributed by atoms with Gasteiger partial charge in [-0.3, -0.25) is 4.79 Å². The molecular weight excluding hydrogens is 400 g/mol. The number of carbonyl (C=O) groups excluding carboxylic acids is 1. The summed E-state index contributed by atoms with van der Waals surface area (Å²) in [5.74, 6) is -0.210. The number of nitrogens with zero attached hydrogens (tertiary/aromatic N) is 1. The van der Waals surface area contributed by atoms with Crippen molar-refractivity contribution in [3.63, 3.8) is 0 Å². The fourth-order valence-corrected chi connectivity index (χ4v) is 5.25. The topological polar surface area (TPSA) is 86.7 Å². The zero-order chi connectivity index (χ0) is 20.4. The van der Waals surface area contributed by atoms with Crippen LogP contribution in [0, 0.1) is 0 Å². The summed E-state index contributed by atoms with van der Waals surface area (Å²) in [6, 6.07) is 5.43. The van der Waals surface area contributed by atoms with Crippen LogP contribution >= 0.6 is 11.6 Å². The van der Waals surface area contributed by atoms with Crippen molar-refractivity contribution in [3.05, 3.63) is 29.3 Å².